The van der Waals surface area contributed by atoms with Crippen LogP contribution in [0.25, 0.3) is 0 Å². The summed E-state index contributed by atoms with van der Waals surface area (Å²) in [6, 6.07) is 3.20. The number of methoxy groups -OCH3 is 1. The number of nitrogens with one attached hydrogen (secondary N) is 1. The van der Waals surface area contributed by atoms with Crippen LogP contribution in [0.2, 0.25) is 4.34 Å². The van der Waals surface area contributed by atoms with E-state index in [1.54, 1.807) is 33.2 Å². The molecule has 0 radical (unpaired) electrons. The lowest BCUT2D eigenvalue weighted by Crippen LogP contribution is -2.21. The lowest BCUT2D eigenvalue weighted by atomic mass is 10.1. The second-order valence-electron chi connectivity index (χ2n) is 5.01. The topological polar surface area (TPSA) is 75.7 Å². The fraction of sp³-hybridized carbons (Fsp3) is 0.267. The van der Waals surface area contributed by atoms with Gasteiger partial charge in [-0.05, 0) is 24.6 Å². The quantitative estimate of drug-likeness (QED) is 0.816. The predicted octanol–water partition coefficient (Wildman–Crippen LogP) is 3.51. The van der Waals surface area contributed by atoms with E-state index in [-0.39, 0.29) is 16.5 Å². The van der Waals surface area contributed by atoms with Gasteiger partial charge in [0.15, 0.2) is 0 Å². The van der Waals surface area contributed by atoms with Crippen molar-refractivity contribution in [3.63, 3.8) is 0 Å². The van der Waals surface area contributed by atoms with Gasteiger partial charge in [0.1, 0.15) is 5.00 Å². The molecule has 0 aromatic carbocycles. The van der Waals surface area contributed by atoms with Gasteiger partial charge in [-0.3, -0.25) is 9.59 Å². The molecule has 2 aromatic rings. The summed E-state index contributed by atoms with van der Waals surface area (Å²) in [4.78, 5) is 38.8. The number of halogens is 1. The number of ether oxygens (including phenoxy) is 1. The Kier molecular flexibility index (Phi) is 5.63. The van der Waals surface area contributed by atoms with E-state index in [0.29, 0.717) is 19.7 Å². The first-order valence-corrected chi connectivity index (χ1v) is 8.77. The lowest BCUT2D eigenvalue weighted by Gasteiger charge is -2.08. The molecule has 0 unspecified atom stereocenters. The molecule has 2 aromatic heterocycles. The van der Waals surface area contributed by atoms with Gasteiger partial charge in [-0.25, -0.2) is 4.79 Å². The number of rotatable bonds is 4. The summed E-state index contributed by atoms with van der Waals surface area (Å²) >= 11 is 8.00. The number of nitrogens with zero attached hydrogens (tertiary/aromatic N) is 1. The third-order valence-corrected chi connectivity index (χ3v) is 5.59. The average Bonchev–Trinajstić information content (AvgIpc) is 3.09. The van der Waals surface area contributed by atoms with Gasteiger partial charge >= 0.3 is 5.97 Å². The molecular formula is C15H15ClN2O4S2. The molecule has 2 amide bonds. The molecule has 1 N–H and O–H groups in total. The van der Waals surface area contributed by atoms with Crippen LogP contribution in [0.4, 0.5) is 5.00 Å². The zero-order chi connectivity index (χ0) is 18.0. The van der Waals surface area contributed by atoms with E-state index in [4.69, 9.17) is 16.3 Å². The Bertz CT molecular complexity index is 811. The first-order chi connectivity index (χ1) is 11.3. The second-order valence-corrected chi connectivity index (χ2v) is 7.75. The second kappa shape index (κ2) is 7.33. The van der Waals surface area contributed by atoms with Gasteiger partial charge in [0, 0.05) is 14.1 Å². The minimum atomic E-state index is -0.610. The summed E-state index contributed by atoms with van der Waals surface area (Å²) in [6.07, 6.45) is 0. The summed E-state index contributed by atoms with van der Waals surface area (Å²) < 4.78 is 5.26. The van der Waals surface area contributed by atoms with E-state index < -0.39 is 11.9 Å². The van der Waals surface area contributed by atoms with Crippen LogP contribution in [0.1, 0.15) is 35.3 Å². The highest BCUT2D eigenvalue weighted by Gasteiger charge is 2.27. The fourth-order valence-electron chi connectivity index (χ4n) is 1.96. The molecule has 0 atom stereocenters. The molecular weight excluding hydrogens is 372 g/mol. The van der Waals surface area contributed by atoms with Crippen molar-refractivity contribution in [1.29, 1.82) is 0 Å². The smallest absolute Gasteiger partial charge is 0.341 e. The third kappa shape index (κ3) is 3.61. The summed E-state index contributed by atoms with van der Waals surface area (Å²) in [6.45, 7) is 1.65. The molecule has 9 heteroatoms. The summed E-state index contributed by atoms with van der Waals surface area (Å²) in [7, 11) is 4.48. The van der Waals surface area contributed by atoms with Gasteiger partial charge in [0.25, 0.3) is 11.8 Å². The molecule has 0 saturated carbocycles. The van der Waals surface area contributed by atoms with Crippen LogP contribution in [-0.2, 0) is 4.74 Å². The summed E-state index contributed by atoms with van der Waals surface area (Å²) in [5, 5.41) is 2.95. The van der Waals surface area contributed by atoms with E-state index in [9.17, 15) is 14.4 Å². The van der Waals surface area contributed by atoms with Crippen molar-refractivity contribution in [3.05, 3.63) is 37.4 Å². The van der Waals surface area contributed by atoms with Gasteiger partial charge in [0.2, 0.25) is 0 Å². The zero-order valence-corrected chi connectivity index (χ0v) is 15.8. The highest BCUT2D eigenvalue weighted by Crippen LogP contribution is 2.35. The molecule has 2 rings (SSSR count). The normalized spacial score (nSPS) is 10.4. The van der Waals surface area contributed by atoms with E-state index in [2.05, 4.69) is 5.32 Å². The zero-order valence-electron chi connectivity index (χ0n) is 13.4. The van der Waals surface area contributed by atoms with Gasteiger partial charge in [-0.15, -0.1) is 22.7 Å². The Balaban J connectivity index is 2.44. The summed E-state index contributed by atoms with van der Waals surface area (Å²) in [5.41, 5.74) is 0.661. The van der Waals surface area contributed by atoms with Crippen LogP contribution in [-0.4, -0.2) is 43.9 Å². The Hall–Kier alpha value is -1.90. The fourth-order valence-corrected chi connectivity index (χ4v) is 4.11. The molecule has 0 aliphatic carbocycles. The molecule has 128 valence electrons. The Labute approximate surface area is 152 Å². The van der Waals surface area contributed by atoms with E-state index >= 15 is 0 Å². The van der Waals surface area contributed by atoms with E-state index in [1.165, 1.54) is 12.0 Å². The van der Waals surface area contributed by atoms with Gasteiger partial charge in [-0.2, -0.15) is 0 Å². The van der Waals surface area contributed by atoms with Crippen molar-refractivity contribution in [1.82, 2.24) is 4.90 Å². The highest BCUT2D eigenvalue weighted by atomic mass is 35.5. The van der Waals surface area contributed by atoms with Gasteiger partial charge in [0.05, 0.1) is 26.8 Å². The maximum Gasteiger partial charge on any atom is 0.341 e. The number of hydrogen-bond acceptors (Lipinski definition) is 6. The standard InChI is InChI=1S/C15H15ClN2O4S2/c1-7-10(15(21)22-4)13(24-11(7)14(20)18(2)3)17-12(19)8-5-6-9(16)23-8/h5-6H,1-4H3,(H,17,19). The number of hydrogen-bond donors (Lipinski definition) is 1. The number of carbonyl (C=O) groups excluding carboxylic acids is 3. The lowest BCUT2D eigenvalue weighted by molar-refractivity contribution is 0.0601. The minimum Gasteiger partial charge on any atom is -0.465 e. The van der Waals surface area contributed by atoms with Crippen molar-refractivity contribution in [2.45, 2.75) is 6.92 Å². The average molecular weight is 387 g/mol. The summed E-state index contributed by atoms with van der Waals surface area (Å²) in [5.74, 6) is -1.26. The van der Waals surface area contributed by atoms with Crippen LogP contribution in [0.15, 0.2) is 12.1 Å². The SMILES string of the molecule is COC(=O)c1c(NC(=O)c2ccc(Cl)s2)sc(C(=O)N(C)C)c1C. The molecule has 2 heterocycles. The Morgan fingerprint density at radius 2 is 1.88 bits per heavy atom. The number of thiophene rings is 2. The number of carbonyl (C=O) groups is 3. The van der Waals surface area contributed by atoms with Crippen LogP contribution in [0, 0.1) is 6.92 Å². The van der Waals surface area contributed by atoms with Crippen molar-refractivity contribution in [2.24, 2.45) is 0 Å². The number of anilines is 1. The molecule has 0 aliphatic rings. The van der Waals surface area contributed by atoms with Crippen LogP contribution in [0.5, 0.6) is 0 Å². The van der Waals surface area contributed by atoms with E-state index in [0.717, 1.165) is 22.7 Å². The largest absolute Gasteiger partial charge is 0.465 e. The van der Waals surface area contributed by atoms with Crippen LogP contribution >= 0.6 is 34.3 Å². The molecule has 6 nitrogen and oxygen atoms in total. The highest BCUT2D eigenvalue weighted by molar-refractivity contribution is 7.19. The van der Waals surface area contributed by atoms with Gasteiger partial charge in [-0.1, -0.05) is 11.6 Å². The third-order valence-electron chi connectivity index (χ3n) is 3.16. The van der Waals surface area contributed by atoms with Crippen LogP contribution < -0.4 is 5.32 Å². The van der Waals surface area contributed by atoms with Crippen molar-refractivity contribution in [3.8, 4) is 0 Å². The Morgan fingerprint density at radius 3 is 2.38 bits per heavy atom. The van der Waals surface area contributed by atoms with Crippen LogP contribution in [0.3, 0.4) is 0 Å². The first kappa shape index (κ1) is 18.4. The molecule has 0 saturated heterocycles. The van der Waals surface area contributed by atoms with Crippen molar-refractivity contribution >= 4 is 57.1 Å². The molecule has 0 aliphatic heterocycles. The predicted molar refractivity (Wildman–Crippen MR) is 95.7 cm³/mol. The van der Waals surface area contributed by atoms with Crippen molar-refractivity contribution in [2.75, 3.05) is 26.5 Å². The van der Waals surface area contributed by atoms with Gasteiger partial charge < -0.3 is 15.0 Å². The molecule has 0 bridgehead atoms. The first-order valence-electron chi connectivity index (χ1n) is 6.76. The number of amides is 2. The molecule has 0 fully saturated rings. The number of esters is 1. The maximum absolute atomic E-state index is 12.3. The van der Waals surface area contributed by atoms with E-state index in [1.807, 2.05) is 0 Å². The molecule has 24 heavy (non-hydrogen) atoms. The van der Waals surface area contributed by atoms with Crippen molar-refractivity contribution < 1.29 is 19.1 Å². The minimum absolute atomic E-state index is 0.184. The Morgan fingerprint density at radius 1 is 1.21 bits per heavy atom. The monoisotopic (exact) mass is 386 g/mol. The molecule has 0 spiro atoms. The maximum atomic E-state index is 12.3.